The predicted octanol–water partition coefficient (Wildman–Crippen LogP) is 3.71. The van der Waals surface area contributed by atoms with E-state index in [0.717, 1.165) is 24.8 Å². The van der Waals surface area contributed by atoms with Crippen molar-refractivity contribution in [1.82, 2.24) is 4.90 Å². The molecule has 1 amide bonds. The van der Waals surface area contributed by atoms with E-state index >= 15 is 0 Å². The summed E-state index contributed by atoms with van der Waals surface area (Å²) in [6, 6.07) is 5.49. The Kier molecular flexibility index (Phi) is 5.16. The summed E-state index contributed by atoms with van der Waals surface area (Å²) in [5.41, 5.74) is 0.625. The lowest BCUT2D eigenvalue weighted by Gasteiger charge is -2.45. The lowest BCUT2D eigenvalue weighted by atomic mass is 9.68. The fraction of sp³-hybridized carbons (Fsp3) is 0.588. The van der Waals surface area contributed by atoms with Crippen LogP contribution in [0.1, 0.15) is 30.9 Å². The molecule has 1 aromatic carbocycles. The lowest BCUT2D eigenvalue weighted by molar-refractivity contribution is -0.159. The molecule has 4 nitrogen and oxygen atoms in total. The van der Waals surface area contributed by atoms with Gasteiger partial charge in [0.15, 0.2) is 0 Å². The first-order valence-corrected chi connectivity index (χ1v) is 8.66. The maximum atomic E-state index is 12.9. The molecule has 1 aliphatic carbocycles. The van der Waals surface area contributed by atoms with Crippen molar-refractivity contribution < 1.29 is 14.3 Å². The van der Waals surface area contributed by atoms with Crippen molar-refractivity contribution in [2.24, 2.45) is 5.41 Å². The van der Waals surface area contributed by atoms with Crippen molar-refractivity contribution in [2.45, 2.75) is 25.4 Å². The number of hydrogen-bond acceptors (Lipinski definition) is 3. The maximum Gasteiger partial charge on any atom is 0.231 e. The van der Waals surface area contributed by atoms with Crippen molar-refractivity contribution in [3.63, 3.8) is 0 Å². The Labute approximate surface area is 146 Å². The first kappa shape index (κ1) is 17.0. The molecule has 1 unspecified atom stereocenters. The van der Waals surface area contributed by atoms with Crippen molar-refractivity contribution in [3.05, 3.63) is 33.8 Å². The summed E-state index contributed by atoms with van der Waals surface area (Å²) >= 11 is 12.1. The average Bonchev–Trinajstić information content (AvgIpc) is 2.53. The quantitative estimate of drug-likeness (QED) is 0.824. The van der Waals surface area contributed by atoms with Gasteiger partial charge in [-0.05, 0) is 30.5 Å². The van der Waals surface area contributed by atoms with Crippen molar-refractivity contribution in [3.8, 4) is 0 Å². The molecule has 1 aliphatic heterocycles. The van der Waals surface area contributed by atoms with Gasteiger partial charge < -0.3 is 14.4 Å². The molecular weight excluding hydrogens is 337 g/mol. The van der Waals surface area contributed by atoms with Gasteiger partial charge in [-0.2, -0.15) is 0 Å². The molecular formula is C17H21Cl2NO3. The minimum absolute atomic E-state index is 0.165. The summed E-state index contributed by atoms with van der Waals surface area (Å²) in [6.45, 7) is 2.20. The number of amides is 1. The Morgan fingerprint density at radius 1 is 1.39 bits per heavy atom. The van der Waals surface area contributed by atoms with Crippen LogP contribution in [0.25, 0.3) is 0 Å². The molecule has 0 bridgehead atoms. The van der Waals surface area contributed by atoms with E-state index in [1.54, 1.807) is 13.2 Å². The first-order chi connectivity index (χ1) is 11.1. The van der Waals surface area contributed by atoms with Crippen LogP contribution in [-0.2, 0) is 14.3 Å². The summed E-state index contributed by atoms with van der Waals surface area (Å²) in [5, 5.41) is 1.03. The lowest BCUT2D eigenvalue weighted by Crippen LogP contribution is -2.53. The number of nitrogens with zero attached hydrogens (tertiary/aromatic N) is 1. The molecule has 0 spiro atoms. The third-order valence-corrected chi connectivity index (χ3v) is 5.59. The summed E-state index contributed by atoms with van der Waals surface area (Å²) in [7, 11) is 1.66. The normalized spacial score (nSPS) is 23.4. The molecule has 1 aromatic rings. The molecule has 1 saturated carbocycles. The van der Waals surface area contributed by atoms with E-state index in [1.807, 2.05) is 17.0 Å². The van der Waals surface area contributed by atoms with Gasteiger partial charge in [-0.15, -0.1) is 0 Å². The Morgan fingerprint density at radius 3 is 2.78 bits per heavy atom. The van der Waals surface area contributed by atoms with E-state index in [0.29, 0.717) is 36.3 Å². The van der Waals surface area contributed by atoms with E-state index in [2.05, 4.69) is 0 Å². The molecule has 2 fully saturated rings. The highest BCUT2D eigenvalue weighted by molar-refractivity contribution is 6.42. The number of carbonyl (C=O) groups is 1. The zero-order valence-electron chi connectivity index (χ0n) is 13.2. The predicted molar refractivity (Wildman–Crippen MR) is 89.9 cm³/mol. The molecule has 0 N–H and O–H groups in total. The smallest absolute Gasteiger partial charge is 0.231 e. The molecule has 0 aromatic heterocycles. The van der Waals surface area contributed by atoms with Gasteiger partial charge in [-0.25, -0.2) is 0 Å². The number of benzene rings is 1. The molecule has 23 heavy (non-hydrogen) atoms. The topological polar surface area (TPSA) is 38.8 Å². The molecule has 1 saturated heterocycles. The Bertz CT molecular complexity index is 589. The van der Waals surface area contributed by atoms with Gasteiger partial charge in [-0.1, -0.05) is 35.7 Å². The highest BCUT2D eigenvalue weighted by atomic mass is 35.5. The third-order valence-electron chi connectivity index (χ3n) is 4.85. The Balaban J connectivity index is 1.72. The van der Waals surface area contributed by atoms with Gasteiger partial charge in [0.1, 0.15) is 6.10 Å². The van der Waals surface area contributed by atoms with Gasteiger partial charge >= 0.3 is 0 Å². The number of ether oxygens (including phenoxy) is 2. The van der Waals surface area contributed by atoms with Gasteiger partial charge in [-0.3, -0.25) is 4.79 Å². The molecule has 6 heteroatoms. The van der Waals surface area contributed by atoms with Gasteiger partial charge in [0.2, 0.25) is 5.91 Å². The van der Waals surface area contributed by atoms with Crippen LogP contribution in [0.5, 0.6) is 0 Å². The van der Waals surface area contributed by atoms with E-state index in [9.17, 15) is 4.79 Å². The minimum atomic E-state index is -0.325. The zero-order chi connectivity index (χ0) is 16.4. The van der Waals surface area contributed by atoms with E-state index in [1.165, 1.54) is 0 Å². The zero-order valence-corrected chi connectivity index (χ0v) is 14.7. The maximum absolute atomic E-state index is 12.9. The largest absolute Gasteiger partial charge is 0.384 e. The highest BCUT2D eigenvalue weighted by Gasteiger charge is 2.47. The summed E-state index contributed by atoms with van der Waals surface area (Å²) < 4.78 is 11.1. The van der Waals surface area contributed by atoms with Gasteiger partial charge in [0, 0.05) is 13.7 Å². The standard InChI is InChI=1S/C17H21Cl2NO3/c1-22-11-17(5-2-6-17)16(21)20-7-8-23-15(10-20)12-3-4-13(18)14(19)9-12/h3-4,9,15H,2,5-8,10-11H2,1H3. The summed E-state index contributed by atoms with van der Waals surface area (Å²) in [5.74, 6) is 0.193. The van der Waals surface area contributed by atoms with Crippen LogP contribution in [0, 0.1) is 5.41 Å². The van der Waals surface area contributed by atoms with Gasteiger partial charge in [0.25, 0.3) is 0 Å². The number of morpholine rings is 1. The molecule has 126 valence electrons. The summed E-state index contributed by atoms with van der Waals surface area (Å²) in [4.78, 5) is 14.8. The van der Waals surface area contributed by atoms with Crippen LogP contribution < -0.4 is 0 Å². The van der Waals surface area contributed by atoms with Crippen LogP contribution in [-0.4, -0.2) is 44.2 Å². The van der Waals surface area contributed by atoms with E-state index in [4.69, 9.17) is 32.7 Å². The fourth-order valence-electron chi connectivity index (χ4n) is 3.38. The number of rotatable bonds is 4. The first-order valence-electron chi connectivity index (χ1n) is 7.91. The van der Waals surface area contributed by atoms with Crippen LogP contribution in [0.4, 0.5) is 0 Å². The SMILES string of the molecule is COCC1(C(=O)N2CCOC(c3ccc(Cl)c(Cl)c3)C2)CCC1. The highest BCUT2D eigenvalue weighted by Crippen LogP contribution is 2.43. The van der Waals surface area contributed by atoms with Crippen LogP contribution in [0.2, 0.25) is 10.0 Å². The van der Waals surface area contributed by atoms with Crippen molar-refractivity contribution in [1.29, 1.82) is 0 Å². The molecule has 1 atom stereocenters. The van der Waals surface area contributed by atoms with Crippen molar-refractivity contribution >= 4 is 29.1 Å². The second-order valence-electron chi connectivity index (χ2n) is 6.35. The average molecular weight is 358 g/mol. The molecule has 0 radical (unpaired) electrons. The Hall–Kier alpha value is -0.810. The number of halogens is 2. The second kappa shape index (κ2) is 6.98. The van der Waals surface area contributed by atoms with Crippen LogP contribution >= 0.6 is 23.2 Å². The number of methoxy groups -OCH3 is 1. The molecule has 1 heterocycles. The van der Waals surface area contributed by atoms with Gasteiger partial charge in [0.05, 0.1) is 35.2 Å². The minimum Gasteiger partial charge on any atom is -0.384 e. The van der Waals surface area contributed by atoms with Crippen LogP contribution in [0.15, 0.2) is 18.2 Å². The second-order valence-corrected chi connectivity index (χ2v) is 7.17. The third kappa shape index (κ3) is 3.36. The molecule has 2 aliphatic rings. The Morgan fingerprint density at radius 2 is 2.17 bits per heavy atom. The molecule has 3 rings (SSSR count). The number of carbonyl (C=O) groups excluding carboxylic acids is 1. The van der Waals surface area contributed by atoms with E-state index < -0.39 is 0 Å². The fourth-order valence-corrected chi connectivity index (χ4v) is 3.69. The van der Waals surface area contributed by atoms with Crippen LogP contribution in [0.3, 0.4) is 0 Å². The van der Waals surface area contributed by atoms with Crippen molar-refractivity contribution in [2.75, 3.05) is 33.4 Å². The summed E-state index contributed by atoms with van der Waals surface area (Å²) in [6.07, 6.45) is 2.75. The monoisotopic (exact) mass is 357 g/mol. The van der Waals surface area contributed by atoms with E-state index in [-0.39, 0.29) is 17.4 Å². The number of hydrogen-bond donors (Lipinski definition) is 0.